The summed E-state index contributed by atoms with van der Waals surface area (Å²) in [6, 6.07) is 4.81. The Labute approximate surface area is 195 Å². The first kappa shape index (κ1) is 24.8. The van der Waals surface area contributed by atoms with Crippen LogP contribution in [0.2, 0.25) is 0 Å². The average Bonchev–Trinajstić information content (AvgIpc) is 3.30. The molecule has 0 radical (unpaired) electrons. The zero-order chi connectivity index (χ0) is 25.2. The van der Waals surface area contributed by atoms with E-state index in [9.17, 15) is 14.0 Å². The highest BCUT2D eigenvalue weighted by Gasteiger charge is 2.33. The summed E-state index contributed by atoms with van der Waals surface area (Å²) in [6.45, 7) is 8.18. The number of rotatable bonds is 9. The van der Waals surface area contributed by atoms with Gasteiger partial charge < -0.3 is 29.3 Å². The normalized spacial score (nSPS) is 12.4. The lowest BCUT2D eigenvalue weighted by atomic mass is 9.89. The summed E-state index contributed by atoms with van der Waals surface area (Å²) in [5, 5.41) is 17.6. The first-order chi connectivity index (χ1) is 15.9. The summed E-state index contributed by atoms with van der Waals surface area (Å²) in [6.07, 6.45) is 0.541. The lowest BCUT2D eigenvalue weighted by Crippen LogP contribution is -2.33. The number of halogens is 1. The Kier molecular flexibility index (Phi) is 6.99. The van der Waals surface area contributed by atoms with Crippen LogP contribution in [0, 0.1) is 30.5 Å². The van der Waals surface area contributed by atoms with E-state index in [0.717, 1.165) is 5.69 Å². The predicted molar refractivity (Wildman–Crippen MR) is 123 cm³/mol. The van der Waals surface area contributed by atoms with Crippen LogP contribution in [0.15, 0.2) is 24.4 Å². The topological polar surface area (TPSA) is 137 Å². The lowest BCUT2D eigenvalue weighted by molar-refractivity contribution is -0.164. The van der Waals surface area contributed by atoms with Gasteiger partial charge in [0.15, 0.2) is 11.6 Å². The monoisotopic (exact) mass is 473 g/mol. The molecule has 0 saturated carbocycles. The number of carboxylic acids is 1. The highest BCUT2D eigenvalue weighted by molar-refractivity contribution is 5.94. The maximum Gasteiger partial charge on any atom is 0.312 e. The van der Waals surface area contributed by atoms with Crippen LogP contribution in [0.3, 0.4) is 0 Å². The number of aliphatic carboxylic acids is 1. The molecule has 0 amide bonds. The highest BCUT2D eigenvalue weighted by Crippen LogP contribution is 2.29. The van der Waals surface area contributed by atoms with Gasteiger partial charge in [-0.15, -0.1) is 0 Å². The van der Waals surface area contributed by atoms with E-state index in [-0.39, 0.29) is 24.7 Å². The van der Waals surface area contributed by atoms with E-state index in [1.807, 2.05) is 6.92 Å². The van der Waals surface area contributed by atoms with E-state index < -0.39 is 29.3 Å². The van der Waals surface area contributed by atoms with Crippen molar-refractivity contribution in [3.05, 3.63) is 47.2 Å². The van der Waals surface area contributed by atoms with Gasteiger partial charge in [-0.3, -0.25) is 15.0 Å². The van der Waals surface area contributed by atoms with Gasteiger partial charge in [-0.2, -0.15) is 0 Å². The molecule has 9 nitrogen and oxygen atoms in total. The molecule has 0 bridgehead atoms. The number of hydrogen-bond donors (Lipinski definition) is 4. The van der Waals surface area contributed by atoms with Crippen LogP contribution >= 0.6 is 0 Å². The third kappa shape index (κ3) is 5.38. The van der Waals surface area contributed by atoms with Crippen molar-refractivity contribution in [3.8, 4) is 11.5 Å². The number of ether oxygens (including phenoxy) is 3. The molecule has 2 heterocycles. The minimum absolute atomic E-state index is 0.0132. The summed E-state index contributed by atoms with van der Waals surface area (Å²) >= 11 is 0. The van der Waals surface area contributed by atoms with Crippen LogP contribution in [0.4, 0.5) is 4.39 Å². The first-order valence-corrected chi connectivity index (χ1v) is 10.7. The third-order valence-corrected chi connectivity index (χ3v) is 5.30. The molecular formula is C24H28FN3O6. The predicted octanol–water partition coefficient (Wildman–Crippen LogP) is 4.47. The number of aromatic nitrogens is 2. The molecule has 1 atom stereocenters. The zero-order valence-corrected chi connectivity index (χ0v) is 19.7. The molecule has 0 spiro atoms. The van der Waals surface area contributed by atoms with E-state index in [1.54, 1.807) is 26.0 Å². The maximum atomic E-state index is 14.8. The standard InChI is InChI=1S/C24H28FN3O6/c1-12-8-15-16(28-12)6-7-17(20(15)25)34-22(26)21-14(3)18(10-27-21)32-11-13(2)33-23(31)24(4,5)9-19(29)30/h6-8,10,13,26-28H,9,11H2,1-5H3,(H,29,30)/t13-/m1/s1. The molecule has 4 N–H and O–H groups in total. The molecule has 0 aliphatic carbocycles. The highest BCUT2D eigenvalue weighted by atomic mass is 19.1. The summed E-state index contributed by atoms with van der Waals surface area (Å²) < 4.78 is 31.3. The van der Waals surface area contributed by atoms with Gasteiger partial charge in [0, 0.05) is 28.4 Å². The van der Waals surface area contributed by atoms with Crippen LogP contribution in [-0.2, 0) is 14.3 Å². The van der Waals surface area contributed by atoms with Crippen molar-refractivity contribution in [2.45, 2.75) is 47.1 Å². The number of benzene rings is 1. The molecule has 0 aliphatic rings. The third-order valence-electron chi connectivity index (χ3n) is 5.30. The largest absolute Gasteiger partial charge is 0.488 e. The molecule has 34 heavy (non-hydrogen) atoms. The fourth-order valence-corrected chi connectivity index (χ4v) is 3.42. The summed E-state index contributed by atoms with van der Waals surface area (Å²) in [5.41, 5.74) is 1.16. The molecule has 0 saturated heterocycles. The Morgan fingerprint density at radius 3 is 2.62 bits per heavy atom. The molecule has 3 aromatic rings. The Bertz CT molecular complexity index is 1240. The average molecular weight is 474 g/mol. The summed E-state index contributed by atoms with van der Waals surface area (Å²) in [7, 11) is 0. The number of carbonyl (C=O) groups excluding carboxylic acids is 1. The van der Waals surface area contributed by atoms with E-state index >= 15 is 0 Å². The van der Waals surface area contributed by atoms with Gasteiger partial charge in [0.2, 0.25) is 5.90 Å². The number of carboxylic acid groups (broad SMARTS) is 1. The van der Waals surface area contributed by atoms with Crippen molar-refractivity contribution in [2.24, 2.45) is 5.41 Å². The number of aromatic amines is 2. The van der Waals surface area contributed by atoms with Crippen molar-refractivity contribution in [1.29, 1.82) is 5.41 Å². The van der Waals surface area contributed by atoms with Crippen LogP contribution in [0.25, 0.3) is 10.9 Å². The van der Waals surface area contributed by atoms with Gasteiger partial charge in [0.25, 0.3) is 0 Å². The Morgan fingerprint density at radius 1 is 1.24 bits per heavy atom. The van der Waals surface area contributed by atoms with Gasteiger partial charge >= 0.3 is 11.9 Å². The molecule has 1 aromatic carbocycles. The summed E-state index contributed by atoms with van der Waals surface area (Å²) in [5.74, 6) is -2.23. The number of esters is 1. The van der Waals surface area contributed by atoms with Gasteiger partial charge in [-0.05, 0) is 52.8 Å². The van der Waals surface area contributed by atoms with Crippen LogP contribution in [-0.4, -0.2) is 45.6 Å². The molecule has 2 aromatic heterocycles. The minimum Gasteiger partial charge on any atom is -0.488 e. The first-order valence-electron chi connectivity index (χ1n) is 10.7. The van der Waals surface area contributed by atoms with Crippen molar-refractivity contribution < 1.29 is 33.3 Å². The van der Waals surface area contributed by atoms with E-state index in [4.69, 9.17) is 24.7 Å². The second-order valence-corrected chi connectivity index (χ2v) is 8.86. The summed E-state index contributed by atoms with van der Waals surface area (Å²) in [4.78, 5) is 29.1. The number of aryl methyl sites for hydroxylation is 1. The smallest absolute Gasteiger partial charge is 0.312 e. The molecule has 0 unspecified atom stereocenters. The number of hydrogen-bond acceptors (Lipinski definition) is 6. The second-order valence-electron chi connectivity index (χ2n) is 8.86. The van der Waals surface area contributed by atoms with E-state index in [2.05, 4.69) is 9.97 Å². The van der Waals surface area contributed by atoms with Gasteiger partial charge in [-0.1, -0.05) is 0 Å². The number of carbonyl (C=O) groups is 2. The molecular weight excluding hydrogens is 445 g/mol. The van der Waals surface area contributed by atoms with Crippen molar-refractivity contribution in [1.82, 2.24) is 9.97 Å². The molecule has 0 fully saturated rings. The molecule has 0 aliphatic heterocycles. The second kappa shape index (κ2) is 9.58. The minimum atomic E-state index is -1.17. The number of H-pyrrole nitrogens is 2. The Hall–Kier alpha value is -3.82. The van der Waals surface area contributed by atoms with Gasteiger partial charge in [-0.25, -0.2) is 4.39 Å². The van der Waals surface area contributed by atoms with Gasteiger partial charge in [0.1, 0.15) is 24.2 Å². The fraction of sp³-hybridized carbons (Fsp3) is 0.375. The zero-order valence-electron chi connectivity index (χ0n) is 19.7. The van der Waals surface area contributed by atoms with E-state index in [0.29, 0.717) is 27.9 Å². The van der Waals surface area contributed by atoms with Crippen LogP contribution < -0.4 is 9.47 Å². The molecule has 182 valence electrons. The van der Waals surface area contributed by atoms with Crippen molar-refractivity contribution >= 4 is 28.7 Å². The fourth-order valence-electron chi connectivity index (χ4n) is 3.42. The Balaban J connectivity index is 1.62. The van der Waals surface area contributed by atoms with Crippen LogP contribution in [0.5, 0.6) is 11.5 Å². The van der Waals surface area contributed by atoms with Crippen molar-refractivity contribution in [2.75, 3.05) is 6.61 Å². The van der Waals surface area contributed by atoms with Crippen LogP contribution in [0.1, 0.15) is 44.1 Å². The molecule has 10 heteroatoms. The molecule has 3 rings (SSSR count). The van der Waals surface area contributed by atoms with E-state index in [1.165, 1.54) is 26.1 Å². The van der Waals surface area contributed by atoms with Gasteiger partial charge in [0.05, 0.1) is 11.8 Å². The lowest BCUT2D eigenvalue weighted by Gasteiger charge is -2.23. The maximum absolute atomic E-state index is 14.8. The SMILES string of the molecule is Cc1cc2c(F)c(OC(=N)c3[nH]cc(OC[C@@H](C)OC(=O)C(C)(C)CC(=O)O)c3C)ccc2[nH]1. The van der Waals surface area contributed by atoms with Crippen molar-refractivity contribution in [3.63, 3.8) is 0 Å². The number of nitrogens with one attached hydrogen (secondary N) is 3. The quantitative estimate of drug-likeness (QED) is 0.206. The number of fused-ring (bicyclic) bond motifs is 1. The Morgan fingerprint density at radius 2 is 1.94 bits per heavy atom.